The quantitative estimate of drug-likeness (QED) is 0.0867. The Hall–Kier alpha value is -6.01. The Kier molecular flexibility index (Phi) is 17.4. The fourth-order valence-corrected chi connectivity index (χ4v) is 8.54. The number of imidazole rings is 2. The van der Waals surface area contributed by atoms with Crippen LogP contribution in [0.15, 0.2) is 110 Å². The van der Waals surface area contributed by atoms with Crippen LogP contribution >= 0.6 is 92.2 Å². The molecule has 0 aliphatic heterocycles. The van der Waals surface area contributed by atoms with Crippen LogP contribution in [0.5, 0.6) is 0 Å². The molecule has 0 saturated carbocycles. The summed E-state index contributed by atoms with van der Waals surface area (Å²) in [6.07, 6.45) is 18.8. The number of carbonyl (C=O) groups is 4. The summed E-state index contributed by atoms with van der Waals surface area (Å²) in [5.74, 6) is 7.12. The zero-order chi connectivity index (χ0) is 48.4. The van der Waals surface area contributed by atoms with Gasteiger partial charge in [0.2, 0.25) is 0 Å². The number of fused-ring (bicyclic) bond motifs is 2. The van der Waals surface area contributed by atoms with Gasteiger partial charge in [-0.15, -0.1) is 6.42 Å². The van der Waals surface area contributed by atoms with Gasteiger partial charge in [0.25, 0.3) is 11.8 Å². The molecule has 0 atom stereocenters. The predicted molar refractivity (Wildman–Crippen MR) is 271 cm³/mol. The van der Waals surface area contributed by atoms with Gasteiger partial charge in [0.1, 0.15) is 11.4 Å². The number of hydrogen-bond donors (Lipinski definition) is 2. The molecule has 0 saturated heterocycles. The highest BCUT2D eigenvalue weighted by Gasteiger charge is 2.19. The van der Waals surface area contributed by atoms with E-state index in [0.717, 1.165) is 26.0 Å². The number of carbonyl (C=O) groups excluding carboxylic acids is 4. The maximum absolute atomic E-state index is 12.7. The number of nitrogens with zero attached hydrogens (tertiary/aromatic N) is 6. The van der Waals surface area contributed by atoms with Crippen molar-refractivity contribution >= 4 is 127 Å². The molecule has 67 heavy (non-hydrogen) atoms. The molecule has 19 heteroatoms. The Morgan fingerprint density at radius 2 is 1.06 bits per heavy atom. The van der Waals surface area contributed by atoms with Crippen LogP contribution in [0.1, 0.15) is 69.5 Å². The van der Waals surface area contributed by atoms with Crippen LogP contribution in [0.2, 0.25) is 30.1 Å². The SMILES string of the molecule is C#Cc1cnc2cnccn12.Cc1ccc(C(=O)NCC(=O)c2c(Cl)cc(Cl)cc2Cl)cc1C#Cc1cnc2cnccn12.Cc1ccc(C(=O)NCC(=O)c2c(Cl)cc(Cl)cc2Cl)cc1I. The molecule has 0 radical (unpaired) electrons. The molecule has 0 spiro atoms. The first-order chi connectivity index (χ1) is 32.0. The monoisotopic (exact) mass is 1120 g/mol. The van der Waals surface area contributed by atoms with Gasteiger partial charge in [0.05, 0.1) is 69.1 Å². The summed E-state index contributed by atoms with van der Waals surface area (Å²) < 4.78 is 4.61. The lowest BCUT2D eigenvalue weighted by molar-refractivity contribution is 0.0904. The van der Waals surface area contributed by atoms with Crippen molar-refractivity contribution in [2.45, 2.75) is 13.8 Å². The van der Waals surface area contributed by atoms with E-state index in [4.69, 9.17) is 76.0 Å². The lowest BCUT2D eigenvalue weighted by Gasteiger charge is -2.09. The highest BCUT2D eigenvalue weighted by molar-refractivity contribution is 14.1. The molecule has 4 aromatic carbocycles. The molecule has 0 bridgehead atoms. The number of ketones is 2. The molecule has 8 aromatic rings. The van der Waals surface area contributed by atoms with Crippen molar-refractivity contribution < 1.29 is 19.2 Å². The first kappa shape index (κ1) is 50.4. The maximum Gasteiger partial charge on any atom is 0.251 e. The molecular weight excluding hydrogens is 1090 g/mol. The molecule has 0 aliphatic carbocycles. The van der Waals surface area contributed by atoms with Crippen molar-refractivity contribution in [2.24, 2.45) is 0 Å². The van der Waals surface area contributed by atoms with Gasteiger partial charge < -0.3 is 10.6 Å². The minimum absolute atomic E-state index is 0.113. The topological polar surface area (TPSA) is 153 Å². The first-order valence-electron chi connectivity index (χ1n) is 19.4. The second-order valence-corrected chi connectivity index (χ2v) is 17.6. The molecule has 0 fully saturated rings. The molecule has 4 heterocycles. The lowest BCUT2D eigenvalue weighted by atomic mass is 10.0. The van der Waals surface area contributed by atoms with Gasteiger partial charge in [-0.05, 0) is 102 Å². The van der Waals surface area contributed by atoms with E-state index in [9.17, 15) is 19.2 Å². The van der Waals surface area contributed by atoms with Gasteiger partial charge >= 0.3 is 0 Å². The fraction of sp³-hybridized carbons (Fsp3) is 0.0833. The molecule has 0 aliphatic rings. The standard InChI is InChI=1S/C24H15Cl3N4O2.C16H11Cl3INO2.C8H5N3/c1-14-2-3-16(8-15(14)4-5-18-11-29-22-13-28-6-7-31(18)22)24(33)30-12-21(32)23-19(26)9-17(25)10-20(23)27;1-8-2-3-9(4-13(8)20)16(23)21-7-14(22)15-11(18)5-10(17)6-12(15)19;1-2-7-5-10-8-6-9-3-4-11(7)8/h2-3,6-11,13H,12H2,1H3,(H,30,33);2-6H,7H2,1H3,(H,21,23);1,3-6H. The van der Waals surface area contributed by atoms with Crippen LogP contribution in [0.3, 0.4) is 0 Å². The summed E-state index contributed by atoms with van der Waals surface area (Å²) in [4.78, 5) is 65.8. The largest absolute Gasteiger partial charge is 0.345 e. The molecule has 8 rings (SSSR count). The number of benzene rings is 4. The Morgan fingerprint density at radius 1 is 0.612 bits per heavy atom. The minimum atomic E-state index is -0.427. The van der Waals surface area contributed by atoms with Crippen molar-refractivity contribution in [1.29, 1.82) is 0 Å². The van der Waals surface area contributed by atoms with Gasteiger partial charge in [-0.1, -0.05) is 93.6 Å². The van der Waals surface area contributed by atoms with E-state index in [2.05, 4.69) is 70.9 Å². The summed E-state index contributed by atoms with van der Waals surface area (Å²) in [5, 5.41) is 6.40. The Labute approximate surface area is 427 Å². The number of terminal acetylenes is 1. The van der Waals surface area contributed by atoms with Crippen molar-refractivity contribution in [1.82, 2.24) is 39.4 Å². The Morgan fingerprint density at radius 3 is 1.54 bits per heavy atom. The van der Waals surface area contributed by atoms with Crippen molar-refractivity contribution in [3.8, 4) is 24.2 Å². The van der Waals surface area contributed by atoms with E-state index in [1.165, 1.54) is 24.3 Å². The van der Waals surface area contributed by atoms with E-state index in [1.807, 2.05) is 28.7 Å². The maximum atomic E-state index is 12.7. The van der Waals surface area contributed by atoms with Gasteiger partial charge in [0, 0.05) is 55.1 Å². The summed E-state index contributed by atoms with van der Waals surface area (Å²) in [5.41, 5.74) is 6.71. The van der Waals surface area contributed by atoms with E-state index in [-0.39, 0.29) is 56.0 Å². The van der Waals surface area contributed by atoms with Crippen molar-refractivity contribution in [2.75, 3.05) is 13.1 Å². The van der Waals surface area contributed by atoms with Crippen LogP contribution in [0.25, 0.3) is 11.3 Å². The third-order valence-electron chi connectivity index (χ3n) is 9.43. The summed E-state index contributed by atoms with van der Waals surface area (Å²) >= 11 is 38.0. The third kappa shape index (κ3) is 12.9. The predicted octanol–water partition coefficient (Wildman–Crippen LogP) is 10.9. The average molecular weight is 1120 g/mol. The number of aryl methyl sites for hydroxylation is 2. The average Bonchev–Trinajstić information content (AvgIpc) is 3.92. The zero-order valence-electron chi connectivity index (χ0n) is 34.8. The van der Waals surface area contributed by atoms with Crippen LogP contribution in [-0.4, -0.2) is 65.2 Å². The number of aromatic nitrogens is 6. The van der Waals surface area contributed by atoms with Crippen LogP contribution in [-0.2, 0) is 0 Å². The number of hydrogen-bond acceptors (Lipinski definition) is 8. The second-order valence-electron chi connectivity index (χ2n) is 14.0. The van der Waals surface area contributed by atoms with Crippen molar-refractivity contribution in [3.63, 3.8) is 0 Å². The molecule has 0 unspecified atom stereocenters. The van der Waals surface area contributed by atoms with E-state index in [0.29, 0.717) is 38.1 Å². The zero-order valence-corrected chi connectivity index (χ0v) is 41.5. The number of amides is 2. The van der Waals surface area contributed by atoms with E-state index < -0.39 is 11.7 Å². The Balaban J connectivity index is 0.000000187. The number of rotatable bonds is 8. The van der Waals surface area contributed by atoms with Crippen LogP contribution in [0, 0.1) is 41.6 Å². The summed E-state index contributed by atoms with van der Waals surface area (Å²) in [6, 6.07) is 16.2. The van der Waals surface area contributed by atoms with Crippen LogP contribution < -0.4 is 10.6 Å². The summed E-state index contributed by atoms with van der Waals surface area (Å²) in [7, 11) is 0. The highest BCUT2D eigenvalue weighted by atomic mass is 127. The Bertz CT molecular complexity index is 3290. The minimum Gasteiger partial charge on any atom is -0.345 e. The molecule has 12 nitrogen and oxygen atoms in total. The van der Waals surface area contributed by atoms with Gasteiger partial charge in [-0.2, -0.15) is 0 Å². The highest BCUT2D eigenvalue weighted by Crippen LogP contribution is 2.30. The van der Waals surface area contributed by atoms with Crippen LogP contribution in [0.4, 0.5) is 0 Å². The molecule has 2 N–H and O–H groups in total. The normalized spacial score (nSPS) is 10.4. The molecular formula is C48H31Cl6IN8O4. The first-order valence-corrected chi connectivity index (χ1v) is 22.7. The van der Waals surface area contributed by atoms with Crippen molar-refractivity contribution in [3.05, 3.63) is 194 Å². The van der Waals surface area contributed by atoms with Gasteiger partial charge in [-0.25, -0.2) is 9.97 Å². The van der Waals surface area contributed by atoms with E-state index >= 15 is 0 Å². The number of halogens is 7. The third-order valence-corrected chi connectivity index (χ3v) is 12.2. The number of Topliss-reactive ketones (excluding diaryl/α,β-unsaturated/α-hetero) is 2. The smallest absolute Gasteiger partial charge is 0.251 e. The van der Waals surface area contributed by atoms with Gasteiger partial charge in [-0.3, -0.25) is 37.9 Å². The molecule has 336 valence electrons. The van der Waals surface area contributed by atoms with Gasteiger partial charge in [0.15, 0.2) is 22.9 Å². The lowest BCUT2D eigenvalue weighted by Crippen LogP contribution is -2.30. The molecule has 4 aromatic heterocycles. The molecule has 2 amide bonds. The summed E-state index contributed by atoms with van der Waals surface area (Å²) in [6.45, 7) is 3.38. The fourth-order valence-electron chi connectivity index (χ4n) is 5.97. The second kappa shape index (κ2) is 23.1. The van der Waals surface area contributed by atoms with E-state index in [1.54, 1.807) is 79.9 Å². The number of nitrogens with one attached hydrogen (secondary N) is 2.